The van der Waals surface area contributed by atoms with Crippen molar-refractivity contribution in [2.24, 2.45) is 11.1 Å². The zero-order valence-corrected chi connectivity index (χ0v) is 15.0. The van der Waals surface area contributed by atoms with Crippen LogP contribution in [0.5, 0.6) is 0 Å². The molecule has 0 aromatic heterocycles. The lowest BCUT2D eigenvalue weighted by Crippen LogP contribution is -2.54. The Kier molecular flexibility index (Phi) is 5.68. The minimum atomic E-state index is -1.59. The topological polar surface area (TPSA) is 133 Å². The highest BCUT2D eigenvalue weighted by Gasteiger charge is 2.46. The number of hydrogen-bond acceptors (Lipinski definition) is 5. The number of benzene rings is 1. The second-order valence-corrected chi connectivity index (χ2v) is 6.78. The predicted molar refractivity (Wildman–Crippen MR) is 96.7 cm³/mol. The van der Waals surface area contributed by atoms with Crippen molar-refractivity contribution in [1.82, 2.24) is 0 Å². The Balaban J connectivity index is 2.44. The lowest BCUT2D eigenvalue weighted by Gasteiger charge is -2.37. The standard InChI is InChI=1S/C18H25N3O5/c1-3-17(2,16(25)26)15(24)20-12-6-4-5-7-13(12)21-14(23)8-9-18(21,10-19)11-22/h4-7,22H,3,8-11,19H2,1-2H3,(H,20,24)(H,25,26). The van der Waals surface area contributed by atoms with E-state index in [0.717, 1.165) is 0 Å². The number of carbonyl (C=O) groups excluding carboxylic acids is 2. The van der Waals surface area contributed by atoms with Gasteiger partial charge in [-0.15, -0.1) is 0 Å². The molecular weight excluding hydrogens is 338 g/mol. The van der Waals surface area contributed by atoms with E-state index in [1.807, 2.05) is 0 Å². The van der Waals surface area contributed by atoms with Crippen LogP contribution < -0.4 is 16.0 Å². The first kappa shape index (κ1) is 19.9. The van der Waals surface area contributed by atoms with Crippen LogP contribution in [0.3, 0.4) is 0 Å². The predicted octanol–water partition coefficient (Wildman–Crippen LogP) is 0.943. The Labute approximate surface area is 152 Å². The molecule has 0 spiro atoms. The number of aliphatic carboxylic acids is 1. The van der Waals surface area contributed by atoms with Crippen molar-refractivity contribution in [3.63, 3.8) is 0 Å². The van der Waals surface area contributed by atoms with E-state index in [2.05, 4.69) is 5.32 Å². The highest BCUT2D eigenvalue weighted by molar-refractivity contribution is 6.10. The minimum Gasteiger partial charge on any atom is -0.480 e. The summed E-state index contributed by atoms with van der Waals surface area (Å²) in [4.78, 5) is 38.0. The number of amides is 2. The zero-order chi connectivity index (χ0) is 19.5. The minimum absolute atomic E-state index is 0.0688. The van der Waals surface area contributed by atoms with Gasteiger partial charge in [-0.2, -0.15) is 0 Å². The molecule has 0 aliphatic carbocycles. The first-order valence-electron chi connectivity index (χ1n) is 8.53. The number of carboxylic acids is 1. The lowest BCUT2D eigenvalue weighted by molar-refractivity contribution is -0.153. The molecule has 2 unspecified atom stereocenters. The number of carboxylic acid groups (broad SMARTS) is 1. The van der Waals surface area contributed by atoms with E-state index < -0.39 is 22.8 Å². The third-order valence-electron chi connectivity index (χ3n) is 5.28. The summed E-state index contributed by atoms with van der Waals surface area (Å²) in [5.74, 6) is -2.10. The summed E-state index contributed by atoms with van der Waals surface area (Å²) in [6, 6.07) is 6.61. The van der Waals surface area contributed by atoms with Gasteiger partial charge in [-0.25, -0.2) is 0 Å². The van der Waals surface area contributed by atoms with E-state index in [9.17, 15) is 24.6 Å². The average molecular weight is 363 g/mol. The van der Waals surface area contributed by atoms with Crippen molar-refractivity contribution < 1.29 is 24.6 Å². The fraction of sp³-hybridized carbons (Fsp3) is 0.500. The number of hydrogen-bond donors (Lipinski definition) is 4. The highest BCUT2D eigenvalue weighted by atomic mass is 16.4. The molecule has 1 aromatic carbocycles. The molecule has 1 aliphatic heterocycles. The summed E-state index contributed by atoms with van der Waals surface area (Å²) in [6.45, 7) is 2.74. The van der Waals surface area contributed by atoms with Crippen LogP contribution in [0.2, 0.25) is 0 Å². The van der Waals surface area contributed by atoms with Gasteiger partial charge in [-0.3, -0.25) is 14.4 Å². The number of aliphatic hydroxyl groups is 1. The number of para-hydroxylation sites is 2. The van der Waals surface area contributed by atoms with Gasteiger partial charge in [0.1, 0.15) is 5.41 Å². The monoisotopic (exact) mass is 363 g/mol. The van der Waals surface area contributed by atoms with E-state index in [4.69, 9.17) is 5.73 Å². The van der Waals surface area contributed by atoms with Gasteiger partial charge in [-0.05, 0) is 31.9 Å². The van der Waals surface area contributed by atoms with Crippen LogP contribution in [0.4, 0.5) is 11.4 Å². The Morgan fingerprint density at radius 2 is 2.04 bits per heavy atom. The normalized spacial score (nSPS) is 22.2. The van der Waals surface area contributed by atoms with E-state index >= 15 is 0 Å². The molecule has 8 nitrogen and oxygen atoms in total. The Hall–Kier alpha value is -2.45. The summed E-state index contributed by atoms with van der Waals surface area (Å²) in [5, 5.41) is 21.9. The first-order chi connectivity index (χ1) is 12.3. The van der Waals surface area contributed by atoms with Gasteiger partial charge in [0, 0.05) is 13.0 Å². The molecule has 142 valence electrons. The molecule has 5 N–H and O–H groups in total. The molecular formula is C18H25N3O5. The third-order valence-corrected chi connectivity index (χ3v) is 5.28. The fourth-order valence-corrected chi connectivity index (χ4v) is 3.07. The molecule has 2 rings (SSSR count). The van der Waals surface area contributed by atoms with Crippen molar-refractivity contribution in [1.29, 1.82) is 0 Å². The van der Waals surface area contributed by atoms with Crippen molar-refractivity contribution >= 4 is 29.2 Å². The largest absolute Gasteiger partial charge is 0.480 e. The van der Waals surface area contributed by atoms with Gasteiger partial charge >= 0.3 is 5.97 Å². The van der Waals surface area contributed by atoms with Crippen molar-refractivity contribution in [3.05, 3.63) is 24.3 Å². The average Bonchev–Trinajstić information content (AvgIpc) is 2.98. The maximum absolute atomic E-state index is 12.6. The summed E-state index contributed by atoms with van der Waals surface area (Å²) >= 11 is 0. The van der Waals surface area contributed by atoms with Gasteiger partial charge < -0.3 is 26.2 Å². The van der Waals surface area contributed by atoms with E-state index in [1.54, 1.807) is 31.2 Å². The first-order valence-corrected chi connectivity index (χ1v) is 8.53. The molecule has 2 amide bonds. The van der Waals surface area contributed by atoms with Gasteiger partial charge in [0.05, 0.1) is 23.5 Å². The molecule has 8 heteroatoms. The molecule has 1 aliphatic rings. The van der Waals surface area contributed by atoms with Crippen LogP contribution in [-0.2, 0) is 14.4 Å². The molecule has 0 radical (unpaired) electrons. The molecule has 1 fully saturated rings. The molecule has 0 saturated carbocycles. The smallest absolute Gasteiger partial charge is 0.318 e. The van der Waals surface area contributed by atoms with Gasteiger partial charge in [0.15, 0.2) is 0 Å². The number of nitrogens with two attached hydrogens (primary N) is 1. The highest BCUT2D eigenvalue weighted by Crippen LogP contribution is 2.39. The Morgan fingerprint density at radius 3 is 2.58 bits per heavy atom. The molecule has 1 aromatic rings. The van der Waals surface area contributed by atoms with Crippen LogP contribution in [0.15, 0.2) is 24.3 Å². The zero-order valence-electron chi connectivity index (χ0n) is 15.0. The maximum Gasteiger partial charge on any atom is 0.318 e. The third kappa shape index (κ3) is 3.17. The van der Waals surface area contributed by atoms with E-state index in [0.29, 0.717) is 17.8 Å². The molecule has 1 saturated heterocycles. The number of carbonyl (C=O) groups is 3. The number of anilines is 2. The van der Waals surface area contributed by atoms with E-state index in [-0.39, 0.29) is 31.9 Å². The van der Waals surface area contributed by atoms with Crippen LogP contribution in [0.25, 0.3) is 0 Å². The quantitative estimate of drug-likeness (QED) is 0.533. The molecule has 0 bridgehead atoms. The second kappa shape index (κ2) is 7.43. The summed E-state index contributed by atoms with van der Waals surface area (Å²) in [6.07, 6.45) is 0.757. The van der Waals surface area contributed by atoms with Crippen LogP contribution >= 0.6 is 0 Å². The summed E-state index contributed by atoms with van der Waals surface area (Å²) in [5.41, 5.74) is 4.01. The van der Waals surface area contributed by atoms with Gasteiger partial charge in [-0.1, -0.05) is 19.1 Å². The SMILES string of the molecule is CCC(C)(C(=O)O)C(=O)Nc1ccccc1N1C(=O)CCC1(CN)CO. The summed E-state index contributed by atoms with van der Waals surface area (Å²) in [7, 11) is 0. The van der Waals surface area contributed by atoms with Crippen molar-refractivity contribution in [3.8, 4) is 0 Å². The van der Waals surface area contributed by atoms with Crippen LogP contribution in [0.1, 0.15) is 33.1 Å². The molecule has 1 heterocycles. The van der Waals surface area contributed by atoms with Crippen molar-refractivity contribution in [2.75, 3.05) is 23.4 Å². The van der Waals surface area contributed by atoms with Gasteiger partial charge in [0.2, 0.25) is 11.8 Å². The van der Waals surface area contributed by atoms with Crippen LogP contribution in [-0.4, -0.2) is 46.7 Å². The Morgan fingerprint density at radius 1 is 1.38 bits per heavy atom. The lowest BCUT2D eigenvalue weighted by atomic mass is 9.86. The molecule has 2 atom stereocenters. The number of nitrogens with one attached hydrogen (secondary N) is 1. The second-order valence-electron chi connectivity index (χ2n) is 6.78. The molecule has 26 heavy (non-hydrogen) atoms. The number of nitrogens with zero attached hydrogens (tertiary/aromatic N) is 1. The Bertz CT molecular complexity index is 717. The van der Waals surface area contributed by atoms with Gasteiger partial charge in [0.25, 0.3) is 0 Å². The van der Waals surface area contributed by atoms with E-state index in [1.165, 1.54) is 11.8 Å². The fourth-order valence-electron chi connectivity index (χ4n) is 3.07. The number of rotatable bonds is 7. The summed E-state index contributed by atoms with van der Waals surface area (Å²) < 4.78 is 0. The van der Waals surface area contributed by atoms with Crippen LogP contribution in [0, 0.1) is 5.41 Å². The maximum atomic E-state index is 12.6. The van der Waals surface area contributed by atoms with Crippen molar-refractivity contribution in [2.45, 2.75) is 38.6 Å². The number of aliphatic hydroxyl groups excluding tert-OH is 1.